The summed E-state index contributed by atoms with van der Waals surface area (Å²) in [6.45, 7) is 5.63. The van der Waals surface area contributed by atoms with Crippen LogP contribution in [0.2, 0.25) is 0 Å². The standard InChI is InChI=1S/C14H22O6.C9H16O4.C4H6O4.C4H10O2.2H2O/c1-11(15)5-7-13(17)19-9-3-4-10-20-14(18)8-6-12(2)16;1-8(11)4-5-9(12)13-7-3-2-6-10;5-3(6)1-2-4(7)8;5-3-1-2-4-6;;/h3-10H2,1-2H3;10H,2-7H2,1H3;1-2H2,(H,5,6)(H,7,8);5-6H,1-4H2;2*1H2. The summed E-state index contributed by atoms with van der Waals surface area (Å²) >= 11 is 0. The van der Waals surface area contributed by atoms with Gasteiger partial charge in [0, 0.05) is 39.1 Å². The highest BCUT2D eigenvalue weighted by Crippen LogP contribution is 2.00. The maximum absolute atomic E-state index is 11.1. The molecule has 0 aromatic carbocycles. The van der Waals surface area contributed by atoms with Crippen LogP contribution in [-0.2, 0) is 52.6 Å². The fraction of sp³-hybridized carbons (Fsp3) is 0.742. The van der Waals surface area contributed by atoms with Gasteiger partial charge in [-0.15, -0.1) is 0 Å². The van der Waals surface area contributed by atoms with E-state index in [-0.39, 0.29) is 119 Å². The second kappa shape index (κ2) is 44.2. The zero-order valence-corrected chi connectivity index (χ0v) is 28.9. The monoisotopic (exact) mass is 718 g/mol. The van der Waals surface area contributed by atoms with E-state index in [9.17, 15) is 38.4 Å². The minimum absolute atomic E-state index is 0. The Bertz CT molecular complexity index is 836. The number of ether oxygens (including phenoxy) is 3. The lowest BCUT2D eigenvalue weighted by molar-refractivity contribution is -0.146. The first-order valence-electron chi connectivity index (χ1n) is 15.3. The maximum atomic E-state index is 11.1. The molecule has 0 atom stereocenters. The van der Waals surface area contributed by atoms with Crippen molar-refractivity contribution < 1.29 is 89.1 Å². The number of unbranched alkanes of at least 4 members (excludes halogenated alkanes) is 3. The van der Waals surface area contributed by atoms with Crippen molar-refractivity contribution in [3.63, 3.8) is 0 Å². The molecule has 0 fully saturated rings. The van der Waals surface area contributed by atoms with Gasteiger partial charge >= 0.3 is 29.8 Å². The average molecular weight is 719 g/mol. The number of aliphatic carboxylic acids is 2. The van der Waals surface area contributed by atoms with E-state index < -0.39 is 23.9 Å². The summed E-state index contributed by atoms with van der Waals surface area (Å²) in [5, 5.41) is 40.4. The minimum Gasteiger partial charge on any atom is -0.481 e. The average Bonchev–Trinajstić information content (AvgIpc) is 3.00. The van der Waals surface area contributed by atoms with E-state index in [1.807, 2.05) is 0 Å². The van der Waals surface area contributed by atoms with Gasteiger partial charge in [0.1, 0.15) is 17.3 Å². The first-order valence-corrected chi connectivity index (χ1v) is 15.3. The highest BCUT2D eigenvalue weighted by molar-refractivity contribution is 5.82. The number of esters is 3. The number of aliphatic hydroxyl groups excluding tert-OH is 3. The summed E-state index contributed by atoms with van der Waals surface area (Å²) in [6, 6.07) is 0. The molecular weight excluding hydrogens is 660 g/mol. The van der Waals surface area contributed by atoms with Crippen LogP contribution < -0.4 is 0 Å². The van der Waals surface area contributed by atoms with Crippen molar-refractivity contribution in [2.75, 3.05) is 39.6 Å². The number of hydrogen-bond donors (Lipinski definition) is 5. The maximum Gasteiger partial charge on any atom is 0.306 e. The molecule has 0 aromatic heterocycles. The van der Waals surface area contributed by atoms with E-state index in [0.29, 0.717) is 32.3 Å². The van der Waals surface area contributed by atoms with Crippen LogP contribution in [0.25, 0.3) is 0 Å². The molecule has 18 nitrogen and oxygen atoms in total. The Morgan fingerprint density at radius 1 is 0.388 bits per heavy atom. The molecule has 0 spiro atoms. The summed E-state index contributed by atoms with van der Waals surface area (Å²) in [7, 11) is 0. The third kappa shape index (κ3) is 67.3. The molecule has 0 rings (SSSR count). The van der Waals surface area contributed by atoms with Crippen molar-refractivity contribution >= 4 is 47.2 Å². The van der Waals surface area contributed by atoms with Crippen LogP contribution in [0.1, 0.15) is 111 Å². The van der Waals surface area contributed by atoms with E-state index >= 15 is 0 Å². The van der Waals surface area contributed by atoms with E-state index in [4.69, 9.17) is 39.7 Å². The molecule has 0 radical (unpaired) electrons. The van der Waals surface area contributed by atoms with Gasteiger partial charge in [0.25, 0.3) is 0 Å². The molecule has 0 amide bonds. The molecule has 18 heteroatoms. The molecule has 0 aromatic rings. The van der Waals surface area contributed by atoms with Gasteiger partial charge in [-0.3, -0.25) is 24.0 Å². The van der Waals surface area contributed by atoms with Crippen LogP contribution in [0.15, 0.2) is 0 Å². The zero-order chi connectivity index (χ0) is 36.9. The van der Waals surface area contributed by atoms with Crippen molar-refractivity contribution in [3.05, 3.63) is 0 Å². The Morgan fingerprint density at radius 2 is 0.612 bits per heavy atom. The smallest absolute Gasteiger partial charge is 0.306 e. The number of rotatable bonds is 24. The Balaban J connectivity index is -0.000000137. The van der Waals surface area contributed by atoms with Crippen LogP contribution in [0.3, 0.4) is 0 Å². The molecule has 0 aliphatic rings. The summed E-state index contributed by atoms with van der Waals surface area (Å²) in [4.78, 5) is 84.2. The summed E-state index contributed by atoms with van der Waals surface area (Å²) in [6.07, 6.45) is 4.36. The summed E-state index contributed by atoms with van der Waals surface area (Å²) in [5.74, 6) is -3.36. The molecule has 0 unspecified atom stereocenters. The van der Waals surface area contributed by atoms with Crippen LogP contribution >= 0.6 is 0 Å². The zero-order valence-electron chi connectivity index (χ0n) is 28.9. The fourth-order valence-electron chi connectivity index (χ4n) is 2.46. The van der Waals surface area contributed by atoms with Crippen LogP contribution in [0, 0.1) is 0 Å². The van der Waals surface area contributed by atoms with Gasteiger partial charge < -0.3 is 65.1 Å². The second-order valence-corrected chi connectivity index (χ2v) is 9.85. The number of carbonyl (C=O) groups is 8. The van der Waals surface area contributed by atoms with Gasteiger partial charge in [-0.05, 0) is 59.3 Å². The highest BCUT2D eigenvalue weighted by atomic mass is 16.5. The van der Waals surface area contributed by atoms with Gasteiger partial charge in [-0.2, -0.15) is 0 Å². The predicted octanol–water partition coefficient (Wildman–Crippen LogP) is 0.300. The van der Waals surface area contributed by atoms with Crippen molar-refractivity contribution in [2.45, 2.75) is 111 Å². The van der Waals surface area contributed by atoms with E-state index in [2.05, 4.69) is 0 Å². The van der Waals surface area contributed by atoms with Gasteiger partial charge in [0.2, 0.25) is 0 Å². The van der Waals surface area contributed by atoms with Crippen LogP contribution in [-0.4, -0.2) is 123 Å². The largest absolute Gasteiger partial charge is 0.481 e. The quantitative estimate of drug-likeness (QED) is 0.0509. The molecule has 0 heterocycles. The first-order chi connectivity index (χ1) is 22.1. The Labute approximate surface area is 286 Å². The summed E-state index contributed by atoms with van der Waals surface area (Å²) in [5.41, 5.74) is 0. The molecule has 0 aliphatic carbocycles. The number of carboxylic acids is 2. The van der Waals surface area contributed by atoms with Crippen molar-refractivity contribution in [2.24, 2.45) is 0 Å². The van der Waals surface area contributed by atoms with E-state index in [1.54, 1.807) is 0 Å². The Hall–Kier alpha value is -3.84. The number of Topliss-reactive ketones (excluding diaryl/α,β-unsaturated/α-hetero) is 3. The SMILES string of the molecule is CC(=O)CCC(=O)OCCCCO.CC(=O)CCC(=O)OCCCCOC(=O)CCC(C)=O.O.O.O=C(O)CCC(=O)O.OCCCCO. The lowest BCUT2D eigenvalue weighted by atomic mass is 10.2. The van der Waals surface area contributed by atoms with Crippen molar-refractivity contribution in [3.8, 4) is 0 Å². The normalized spacial score (nSPS) is 9.10. The van der Waals surface area contributed by atoms with Gasteiger partial charge in [0.15, 0.2) is 0 Å². The van der Waals surface area contributed by atoms with E-state index in [1.165, 1.54) is 20.8 Å². The van der Waals surface area contributed by atoms with Gasteiger partial charge in [-0.25, -0.2) is 0 Å². The lowest BCUT2D eigenvalue weighted by Crippen LogP contribution is -2.10. The Kier molecular flexibility index (Phi) is 51.8. The number of carbonyl (C=O) groups excluding carboxylic acids is 6. The highest BCUT2D eigenvalue weighted by Gasteiger charge is 2.07. The van der Waals surface area contributed by atoms with Crippen molar-refractivity contribution in [1.29, 1.82) is 0 Å². The molecule has 0 saturated heterocycles. The third-order valence-electron chi connectivity index (χ3n) is 5.04. The van der Waals surface area contributed by atoms with E-state index in [0.717, 1.165) is 12.8 Å². The van der Waals surface area contributed by atoms with Gasteiger partial charge in [0.05, 0.1) is 51.9 Å². The molecule has 49 heavy (non-hydrogen) atoms. The number of ketones is 3. The molecule has 290 valence electrons. The van der Waals surface area contributed by atoms with Crippen LogP contribution in [0.5, 0.6) is 0 Å². The summed E-state index contributed by atoms with van der Waals surface area (Å²) < 4.78 is 14.6. The van der Waals surface area contributed by atoms with Crippen LogP contribution in [0.4, 0.5) is 0 Å². The molecule has 0 aliphatic heterocycles. The number of aliphatic hydroxyl groups is 3. The Morgan fingerprint density at radius 3 is 0.816 bits per heavy atom. The second-order valence-electron chi connectivity index (χ2n) is 9.85. The number of carboxylic acid groups (broad SMARTS) is 2. The molecule has 0 saturated carbocycles. The van der Waals surface area contributed by atoms with Gasteiger partial charge in [-0.1, -0.05) is 0 Å². The molecular formula is C31H58O18. The predicted molar refractivity (Wildman–Crippen MR) is 173 cm³/mol. The minimum atomic E-state index is -1.08. The third-order valence-corrected chi connectivity index (χ3v) is 5.04. The lowest BCUT2D eigenvalue weighted by Gasteiger charge is -2.05. The van der Waals surface area contributed by atoms with Crippen molar-refractivity contribution in [1.82, 2.24) is 0 Å². The molecule has 9 N–H and O–H groups in total. The first kappa shape index (κ1) is 57.4. The molecule has 0 bridgehead atoms. The number of hydrogen-bond acceptors (Lipinski definition) is 14. The topological polar surface area (TPSA) is 328 Å². The fourth-order valence-corrected chi connectivity index (χ4v) is 2.46.